The molecule has 5 rings (SSSR count). The summed E-state index contributed by atoms with van der Waals surface area (Å²) < 4.78 is 39.3. The monoisotopic (exact) mass is 516 g/mol. The van der Waals surface area contributed by atoms with E-state index in [1.165, 1.54) is 0 Å². The van der Waals surface area contributed by atoms with Gasteiger partial charge in [0.1, 0.15) is 11.6 Å². The Morgan fingerprint density at radius 2 is 1.83 bits per heavy atom. The topological polar surface area (TPSA) is 50.8 Å². The van der Waals surface area contributed by atoms with E-state index < -0.39 is 11.6 Å². The lowest BCUT2D eigenvalue weighted by atomic mass is 9.82. The van der Waals surface area contributed by atoms with Gasteiger partial charge in [-0.05, 0) is 54.5 Å². The van der Waals surface area contributed by atoms with E-state index in [2.05, 4.69) is 17.4 Å². The second-order valence-corrected chi connectivity index (χ2v) is 10.3. The fraction of sp³-hybridized carbons (Fsp3) is 0.464. The van der Waals surface area contributed by atoms with Gasteiger partial charge in [-0.15, -0.1) is 0 Å². The van der Waals surface area contributed by atoms with Crippen LogP contribution in [0.25, 0.3) is 5.57 Å². The zero-order valence-electron chi connectivity index (χ0n) is 20.4. The molecular formula is C28H31ClF2N2O3. The number of hydrogen-bond donors (Lipinski definition) is 1. The molecule has 2 aromatic rings. The third-order valence-electron chi connectivity index (χ3n) is 7.37. The van der Waals surface area contributed by atoms with Crippen LogP contribution >= 0.6 is 11.6 Å². The number of methoxy groups -OCH3 is 1. The fourth-order valence-electron chi connectivity index (χ4n) is 5.07. The summed E-state index contributed by atoms with van der Waals surface area (Å²) in [6.45, 7) is 2.80. The van der Waals surface area contributed by atoms with Gasteiger partial charge in [-0.2, -0.15) is 0 Å². The van der Waals surface area contributed by atoms with Gasteiger partial charge in [-0.1, -0.05) is 35.9 Å². The van der Waals surface area contributed by atoms with Crippen molar-refractivity contribution in [3.8, 4) is 0 Å². The van der Waals surface area contributed by atoms with Crippen molar-refractivity contribution >= 4 is 23.1 Å². The van der Waals surface area contributed by atoms with E-state index in [-0.39, 0.29) is 34.5 Å². The molecule has 2 aliphatic carbocycles. The molecule has 1 N–H and O–H groups in total. The van der Waals surface area contributed by atoms with Crippen molar-refractivity contribution in [2.75, 3.05) is 33.4 Å². The second kappa shape index (κ2) is 10.6. The summed E-state index contributed by atoms with van der Waals surface area (Å²) in [5, 5.41) is 3.17. The Morgan fingerprint density at radius 3 is 2.50 bits per heavy atom. The molecule has 1 heterocycles. The summed E-state index contributed by atoms with van der Waals surface area (Å²) in [6, 6.07) is 10.3. The molecule has 0 saturated heterocycles. The van der Waals surface area contributed by atoms with Crippen molar-refractivity contribution in [2.45, 2.75) is 44.9 Å². The zero-order valence-corrected chi connectivity index (χ0v) is 21.2. The molecule has 0 atom stereocenters. The van der Waals surface area contributed by atoms with Crippen molar-refractivity contribution in [3.63, 3.8) is 0 Å². The van der Waals surface area contributed by atoms with Crippen molar-refractivity contribution < 1.29 is 23.0 Å². The Balaban J connectivity index is 1.45. The summed E-state index contributed by atoms with van der Waals surface area (Å²) in [5.41, 5.74) is 3.84. The predicted molar refractivity (Wildman–Crippen MR) is 134 cm³/mol. The maximum atomic E-state index is 14.6. The molecule has 0 aromatic heterocycles. The van der Waals surface area contributed by atoms with Gasteiger partial charge in [-0.3, -0.25) is 4.79 Å². The molecule has 2 saturated carbocycles. The average molecular weight is 517 g/mol. The van der Waals surface area contributed by atoms with E-state index in [1.807, 2.05) is 12.1 Å². The smallest absolute Gasteiger partial charge is 0.251 e. The SMILES string of the molecule is COCCOCc1ccc(C2=C(C(=O)N(Cc3c(F)ccc(F)c3Cl)C3CC3)CNCC23CC3)cc1. The Kier molecular flexibility index (Phi) is 7.45. The summed E-state index contributed by atoms with van der Waals surface area (Å²) in [6.07, 6.45) is 3.72. The summed E-state index contributed by atoms with van der Waals surface area (Å²) in [4.78, 5) is 15.7. The number of rotatable bonds is 10. The highest BCUT2D eigenvalue weighted by Crippen LogP contribution is 2.57. The fourth-order valence-corrected chi connectivity index (χ4v) is 5.29. The van der Waals surface area contributed by atoms with E-state index in [1.54, 1.807) is 12.0 Å². The predicted octanol–water partition coefficient (Wildman–Crippen LogP) is 5.11. The van der Waals surface area contributed by atoms with Crippen molar-refractivity contribution in [1.29, 1.82) is 0 Å². The molecule has 36 heavy (non-hydrogen) atoms. The van der Waals surface area contributed by atoms with Crippen molar-refractivity contribution in [2.24, 2.45) is 5.41 Å². The maximum absolute atomic E-state index is 14.6. The van der Waals surface area contributed by atoms with Crippen LogP contribution in [0.2, 0.25) is 5.02 Å². The number of nitrogens with one attached hydrogen (secondary N) is 1. The molecule has 0 radical (unpaired) electrons. The number of amides is 1. The normalized spacial score (nSPS) is 18.6. The van der Waals surface area contributed by atoms with E-state index in [4.69, 9.17) is 21.1 Å². The quantitative estimate of drug-likeness (QED) is 0.352. The van der Waals surface area contributed by atoms with E-state index in [9.17, 15) is 13.6 Å². The molecular weight excluding hydrogens is 486 g/mol. The van der Waals surface area contributed by atoms with Crippen LogP contribution in [-0.4, -0.2) is 50.3 Å². The highest BCUT2D eigenvalue weighted by Gasteiger charge is 2.50. The Morgan fingerprint density at radius 1 is 1.11 bits per heavy atom. The Labute approximate surface area is 215 Å². The summed E-state index contributed by atoms with van der Waals surface area (Å²) in [5.74, 6) is -1.41. The van der Waals surface area contributed by atoms with Gasteiger partial charge in [0.2, 0.25) is 0 Å². The number of carbonyl (C=O) groups excluding carboxylic acids is 1. The molecule has 0 unspecified atom stereocenters. The zero-order chi connectivity index (χ0) is 25.3. The summed E-state index contributed by atoms with van der Waals surface area (Å²) >= 11 is 6.11. The van der Waals surface area contributed by atoms with Gasteiger partial charge >= 0.3 is 0 Å². The number of carbonyl (C=O) groups is 1. The first-order valence-electron chi connectivity index (χ1n) is 12.5. The van der Waals surface area contributed by atoms with E-state index >= 15 is 0 Å². The van der Waals surface area contributed by atoms with Crippen LogP contribution in [0.3, 0.4) is 0 Å². The lowest BCUT2D eigenvalue weighted by molar-refractivity contribution is -0.128. The van der Waals surface area contributed by atoms with Gasteiger partial charge in [0.25, 0.3) is 5.91 Å². The Bertz CT molecular complexity index is 1160. The number of ether oxygens (including phenoxy) is 2. The molecule has 2 fully saturated rings. The molecule has 192 valence electrons. The lowest BCUT2D eigenvalue weighted by Gasteiger charge is -2.33. The molecule has 0 bridgehead atoms. The lowest BCUT2D eigenvalue weighted by Crippen LogP contribution is -2.42. The molecule has 3 aliphatic rings. The largest absolute Gasteiger partial charge is 0.382 e. The minimum Gasteiger partial charge on any atom is -0.382 e. The maximum Gasteiger partial charge on any atom is 0.251 e. The highest BCUT2D eigenvalue weighted by molar-refractivity contribution is 6.31. The molecule has 2 aromatic carbocycles. The van der Waals surface area contributed by atoms with Crippen LogP contribution in [0.1, 0.15) is 42.4 Å². The minimum absolute atomic E-state index is 0.00805. The van der Waals surface area contributed by atoms with Crippen LogP contribution in [-0.2, 0) is 27.4 Å². The first kappa shape index (κ1) is 25.3. The number of benzene rings is 2. The molecule has 1 spiro atoms. The third-order valence-corrected chi connectivity index (χ3v) is 7.78. The van der Waals surface area contributed by atoms with Gasteiger partial charge in [0.15, 0.2) is 0 Å². The molecule has 5 nitrogen and oxygen atoms in total. The summed E-state index contributed by atoms with van der Waals surface area (Å²) in [7, 11) is 1.64. The Hall–Kier alpha value is -2.32. The number of nitrogens with zero attached hydrogens (tertiary/aromatic N) is 1. The minimum atomic E-state index is -0.682. The highest BCUT2D eigenvalue weighted by atomic mass is 35.5. The molecule has 1 amide bonds. The van der Waals surface area contributed by atoms with Gasteiger partial charge in [0.05, 0.1) is 31.4 Å². The first-order chi connectivity index (χ1) is 17.4. The molecule has 1 aliphatic heterocycles. The van der Waals surface area contributed by atoms with E-state index in [0.29, 0.717) is 31.9 Å². The van der Waals surface area contributed by atoms with Crippen LogP contribution in [0, 0.1) is 17.0 Å². The van der Waals surface area contributed by atoms with Gasteiger partial charge in [0, 0.05) is 42.8 Å². The molecule has 8 heteroatoms. The number of hydrogen-bond acceptors (Lipinski definition) is 4. The van der Waals surface area contributed by atoms with Crippen LogP contribution in [0.5, 0.6) is 0 Å². The first-order valence-corrected chi connectivity index (χ1v) is 12.8. The van der Waals surface area contributed by atoms with Gasteiger partial charge in [-0.25, -0.2) is 8.78 Å². The van der Waals surface area contributed by atoms with Crippen LogP contribution in [0.15, 0.2) is 42.0 Å². The third kappa shape index (κ3) is 5.21. The van der Waals surface area contributed by atoms with Crippen molar-refractivity contribution in [3.05, 3.63) is 75.3 Å². The number of halogens is 3. The van der Waals surface area contributed by atoms with Crippen molar-refractivity contribution in [1.82, 2.24) is 10.2 Å². The van der Waals surface area contributed by atoms with E-state index in [0.717, 1.165) is 61.1 Å². The standard InChI is InChI=1S/C28H31ClF2N2O3/c1-35-12-13-36-16-18-2-4-19(5-3-18)25-21(14-32-17-28(25)10-11-28)27(34)33(20-6-7-20)15-22-23(30)8-9-24(31)26(22)29/h2-5,8-9,20,32H,6-7,10-17H2,1H3. The van der Waals surface area contributed by atoms with Gasteiger partial charge < -0.3 is 19.7 Å². The average Bonchev–Trinajstić information content (AvgIpc) is 3.82. The second-order valence-electron chi connectivity index (χ2n) is 9.97. The van der Waals surface area contributed by atoms with Crippen LogP contribution < -0.4 is 5.32 Å². The van der Waals surface area contributed by atoms with Crippen LogP contribution in [0.4, 0.5) is 8.78 Å².